The number of esters is 1. The minimum absolute atomic E-state index is 0.0981. The molecule has 7 heteroatoms. The van der Waals surface area contributed by atoms with Crippen molar-refractivity contribution in [2.45, 2.75) is 32.7 Å². The van der Waals surface area contributed by atoms with E-state index in [4.69, 9.17) is 9.15 Å². The normalized spacial score (nSPS) is 17.1. The van der Waals surface area contributed by atoms with Gasteiger partial charge >= 0.3 is 5.97 Å². The van der Waals surface area contributed by atoms with E-state index >= 15 is 0 Å². The van der Waals surface area contributed by atoms with Gasteiger partial charge in [0.1, 0.15) is 11.3 Å². The molecule has 0 radical (unpaired) electrons. The van der Waals surface area contributed by atoms with Crippen molar-refractivity contribution < 1.29 is 13.9 Å². The van der Waals surface area contributed by atoms with Gasteiger partial charge < -0.3 is 23.5 Å². The van der Waals surface area contributed by atoms with Crippen LogP contribution in [-0.2, 0) is 4.74 Å². The highest BCUT2D eigenvalue weighted by Crippen LogP contribution is 2.40. The lowest BCUT2D eigenvalue weighted by atomic mass is 10.0. The molecule has 7 nitrogen and oxygen atoms in total. The Morgan fingerprint density at radius 2 is 1.94 bits per heavy atom. The molecule has 0 unspecified atom stereocenters. The molecule has 0 spiro atoms. The molecule has 1 aromatic carbocycles. The minimum Gasteiger partial charge on any atom is -0.464 e. The van der Waals surface area contributed by atoms with Gasteiger partial charge in [0.2, 0.25) is 5.43 Å². The molecule has 0 amide bonds. The largest absolute Gasteiger partial charge is 0.464 e. The summed E-state index contributed by atoms with van der Waals surface area (Å²) in [5.74, 6) is 0.159. The number of aromatic nitrogens is 1. The second kappa shape index (κ2) is 8.47. The van der Waals surface area contributed by atoms with E-state index < -0.39 is 5.97 Å². The van der Waals surface area contributed by atoms with Crippen molar-refractivity contribution in [3.8, 4) is 11.3 Å². The van der Waals surface area contributed by atoms with Crippen LogP contribution in [0.2, 0.25) is 0 Å². The molecule has 3 heterocycles. The molecule has 1 aliphatic heterocycles. The monoisotopic (exact) mass is 435 g/mol. The van der Waals surface area contributed by atoms with Crippen LogP contribution in [0.3, 0.4) is 0 Å². The molecule has 0 N–H and O–H groups in total. The Morgan fingerprint density at radius 3 is 2.56 bits per heavy atom. The summed E-state index contributed by atoms with van der Waals surface area (Å²) in [5, 5.41) is 0.532. The molecule has 32 heavy (non-hydrogen) atoms. The van der Waals surface area contributed by atoms with Crippen molar-refractivity contribution in [3.63, 3.8) is 0 Å². The van der Waals surface area contributed by atoms with Gasteiger partial charge in [-0.1, -0.05) is 6.92 Å². The summed E-state index contributed by atoms with van der Waals surface area (Å²) >= 11 is 0. The van der Waals surface area contributed by atoms with Crippen molar-refractivity contribution in [1.29, 1.82) is 0 Å². The van der Waals surface area contributed by atoms with Crippen molar-refractivity contribution >= 4 is 22.6 Å². The number of benzene rings is 1. The Balaban J connectivity index is 1.71. The summed E-state index contributed by atoms with van der Waals surface area (Å²) in [5.41, 5.74) is 2.63. The number of likely N-dealkylation sites (N-methyl/N-ethyl adjacent to an activating group) is 1. The number of anilines is 1. The van der Waals surface area contributed by atoms with E-state index in [1.54, 1.807) is 19.4 Å². The molecule has 1 saturated heterocycles. The van der Waals surface area contributed by atoms with E-state index in [1.165, 1.54) is 0 Å². The van der Waals surface area contributed by atoms with Gasteiger partial charge in [0, 0.05) is 55.1 Å². The molecule has 1 saturated carbocycles. The summed E-state index contributed by atoms with van der Waals surface area (Å²) in [6, 6.07) is 8.10. The Hall–Kier alpha value is -3.06. The summed E-state index contributed by atoms with van der Waals surface area (Å²) in [6.07, 6.45) is 5.44. The Bertz CT molecular complexity index is 1190. The van der Waals surface area contributed by atoms with Crippen molar-refractivity contribution in [3.05, 3.63) is 52.5 Å². The van der Waals surface area contributed by atoms with Gasteiger partial charge in [-0.05, 0) is 50.6 Å². The maximum absolute atomic E-state index is 13.4. The zero-order valence-electron chi connectivity index (χ0n) is 18.7. The van der Waals surface area contributed by atoms with E-state index in [2.05, 4.69) is 27.4 Å². The van der Waals surface area contributed by atoms with Crippen LogP contribution in [0.1, 0.15) is 43.1 Å². The summed E-state index contributed by atoms with van der Waals surface area (Å²) in [7, 11) is 0. The minimum atomic E-state index is -0.562. The van der Waals surface area contributed by atoms with Crippen LogP contribution in [0.5, 0.6) is 0 Å². The van der Waals surface area contributed by atoms with Crippen LogP contribution in [0.15, 0.2) is 45.9 Å². The number of pyridine rings is 1. The fraction of sp³-hybridized carbons (Fsp3) is 0.440. The maximum Gasteiger partial charge on any atom is 0.343 e. The Kier molecular flexibility index (Phi) is 5.51. The first-order chi connectivity index (χ1) is 15.6. The van der Waals surface area contributed by atoms with Gasteiger partial charge in [0.15, 0.2) is 0 Å². The lowest BCUT2D eigenvalue weighted by Crippen LogP contribution is -2.46. The average molecular weight is 436 g/mol. The van der Waals surface area contributed by atoms with Gasteiger partial charge in [-0.25, -0.2) is 4.79 Å². The summed E-state index contributed by atoms with van der Waals surface area (Å²) in [6.45, 7) is 9.07. The zero-order chi connectivity index (χ0) is 22.2. The smallest absolute Gasteiger partial charge is 0.343 e. The molecule has 1 aliphatic carbocycles. The lowest BCUT2D eigenvalue weighted by molar-refractivity contribution is 0.0524. The SMILES string of the molecule is CCOC(=O)c1cn(C2CC2)c2cc(N3CCN(CC)CC3)c(-c3ccco3)cc2c1=O. The van der Waals surface area contributed by atoms with Crippen molar-refractivity contribution in [2.75, 3.05) is 44.2 Å². The number of furan rings is 1. The molecular weight excluding hydrogens is 406 g/mol. The number of carbonyl (C=O) groups is 1. The lowest BCUT2D eigenvalue weighted by Gasteiger charge is -2.36. The zero-order valence-corrected chi connectivity index (χ0v) is 18.7. The van der Waals surface area contributed by atoms with E-state index in [-0.39, 0.29) is 17.6 Å². The number of rotatable bonds is 6. The number of piperazine rings is 1. The van der Waals surface area contributed by atoms with E-state index in [0.717, 1.165) is 68.1 Å². The predicted molar refractivity (Wildman–Crippen MR) is 124 cm³/mol. The number of ether oxygens (including phenoxy) is 1. The second-order valence-electron chi connectivity index (χ2n) is 8.52. The highest BCUT2D eigenvalue weighted by atomic mass is 16.5. The average Bonchev–Trinajstić information content (AvgIpc) is 3.51. The highest BCUT2D eigenvalue weighted by Gasteiger charge is 2.29. The maximum atomic E-state index is 13.4. The summed E-state index contributed by atoms with van der Waals surface area (Å²) in [4.78, 5) is 30.7. The number of fused-ring (bicyclic) bond motifs is 1. The van der Waals surface area contributed by atoms with E-state index in [1.807, 2.05) is 18.2 Å². The molecule has 2 aromatic heterocycles. The molecule has 2 aliphatic rings. The fourth-order valence-electron chi connectivity index (χ4n) is 4.59. The van der Waals surface area contributed by atoms with Crippen molar-refractivity contribution in [1.82, 2.24) is 9.47 Å². The van der Waals surface area contributed by atoms with Gasteiger partial charge in [-0.2, -0.15) is 0 Å². The van der Waals surface area contributed by atoms with Crippen LogP contribution in [0.4, 0.5) is 5.69 Å². The number of hydrogen-bond donors (Lipinski definition) is 0. The first kappa shape index (κ1) is 20.8. The molecular formula is C25H29N3O4. The molecule has 168 valence electrons. The molecule has 0 bridgehead atoms. The van der Waals surface area contributed by atoms with E-state index in [9.17, 15) is 9.59 Å². The molecule has 3 aromatic rings. The third-order valence-electron chi connectivity index (χ3n) is 6.53. The van der Waals surface area contributed by atoms with Crippen LogP contribution in [0.25, 0.3) is 22.2 Å². The Morgan fingerprint density at radius 1 is 1.16 bits per heavy atom. The third kappa shape index (κ3) is 3.71. The molecule has 2 fully saturated rings. The molecule has 0 atom stereocenters. The van der Waals surface area contributed by atoms with Gasteiger partial charge in [-0.15, -0.1) is 0 Å². The third-order valence-corrected chi connectivity index (χ3v) is 6.53. The van der Waals surface area contributed by atoms with Gasteiger partial charge in [-0.3, -0.25) is 4.79 Å². The second-order valence-corrected chi connectivity index (χ2v) is 8.52. The van der Waals surface area contributed by atoms with Crippen LogP contribution < -0.4 is 10.3 Å². The van der Waals surface area contributed by atoms with Crippen LogP contribution in [-0.4, -0.2) is 54.8 Å². The number of hydrogen-bond acceptors (Lipinski definition) is 6. The Labute approximate surface area is 187 Å². The fourth-order valence-corrected chi connectivity index (χ4v) is 4.59. The first-order valence-corrected chi connectivity index (χ1v) is 11.5. The topological polar surface area (TPSA) is 67.9 Å². The van der Waals surface area contributed by atoms with Crippen LogP contribution in [0, 0.1) is 0 Å². The molecule has 5 rings (SSSR count). The summed E-state index contributed by atoms with van der Waals surface area (Å²) < 4.78 is 13.0. The van der Waals surface area contributed by atoms with Gasteiger partial charge in [0.05, 0.1) is 18.4 Å². The standard InChI is InChI=1S/C25H29N3O4/c1-3-26-9-11-27(12-10-26)21-15-22-19(14-18(21)23-6-5-13-32-23)24(29)20(25(30)31-4-2)16-28(22)17-7-8-17/h5-6,13-17H,3-4,7-12H2,1-2H3. The van der Waals surface area contributed by atoms with Crippen LogP contribution >= 0.6 is 0 Å². The first-order valence-electron chi connectivity index (χ1n) is 11.5. The highest BCUT2D eigenvalue weighted by molar-refractivity contribution is 5.97. The quantitative estimate of drug-likeness (QED) is 0.547. The number of carbonyl (C=O) groups excluding carboxylic acids is 1. The predicted octanol–water partition coefficient (Wildman–Crippen LogP) is 3.92. The van der Waals surface area contributed by atoms with E-state index in [0.29, 0.717) is 11.4 Å². The van der Waals surface area contributed by atoms with Crippen molar-refractivity contribution in [2.24, 2.45) is 0 Å². The number of nitrogens with zero attached hydrogens (tertiary/aromatic N) is 3. The van der Waals surface area contributed by atoms with Gasteiger partial charge in [0.25, 0.3) is 0 Å².